The Morgan fingerprint density at radius 3 is 2.35 bits per heavy atom. The van der Waals surface area contributed by atoms with Gasteiger partial charge in [-0.05, 0) is 0 Å². The van der Waals surface area contributed by atoms with Gasteiger partial charge in [0, 0.05) is 13.2 Å². The summed E-state index contributed by atoms with van der Waals surface area (Å²) in [4.78, 5) is 11.7. The van der Waals surface area contributed by atoms with Crippen LogP contribution in [0.5, 0.6) is 23.0 Å². The average Bonchev–Trinajstić information content (AvgIpc) is 2.31. The number of ketones is 1. The highest BCUT2D eigenvalue weighted by atomic mass is 16.5. The minimum atomic E-state index is -0.500. The first-order valence-electron chi connectivity index (χ1n) is 4.75. The molecule has 0 aliphatic rings. The maximum absolute atomic E-state index is 11.7. The van der Waals surface area contributed by atoms with E-state index in [2.05, 4.69) is 4.74 Å². The molecule has 0 atom stereocenters. The van der Waals surface area contributed by atoms with Gasteiger partial charge >= 0.3 is 0 Å². The van der Waals surface area contributed by atoms with Gasteiger partial charge in [0.1, 0.15) is 17.9 Å². The zero-order valence-electron chi connectivity index (χ0n) is 9.81. The van der Waals surface area contributed by atoms with Crippen LogP contribution in [0.3, 0.4) is 0 Å². The number of ether oxygens (including phenoxy) is 3. The first-order valence-corrected chi connectivity index (χ1v) is 4.75. The smallest absolute Gasteiger partial charge is 0.201 e. The number of carbonyl (C=O) groups is 1. The molecule has 0 radical (unpaired) electrons. The fourth-order valence-electron chi connectivity index (χ4n) is 1.44. The molecule has 0 fully saturated rings. The van der Waals surface area contributed by atoms with Crippen molar-refractivity contribution in [2.24, 2.45) is 0 Å². The van der Waals surface area contributed by atoms with E-state index in [1.165, 1.54) is 21.3 Å². The van der Waals surface area contributed by atoms with E-state index in [1.54, 1.807) is 0 Å². The maximum Gasteiger partial charge on any atom is 0.201 e. The summed E-state index contributed by atoms with van der Waals surface area (Å²) < 4.78 is 14.4. The molecule has 0 aromatic heterocycles. The van der Waals surface area contributed by atoms with Crippen LogP contribution in [-0.4, -0.2) is 43.9 Å². The molecule has 0 saturated carbocycles. The van der Waals surface area contributed by atoms with Crippen molar-refractivity contribution in [3.63, 3.8) is 0 Å². The highest BCUT2D eigenvalue weighted by Crippen LogP contribution is 2.43. The molecule has 17 heavy (non-hydrogen) atoms. The number of benzene rings is 1. The number of hydrogen-bond acceptors (Lipinski definition) is 6. The normalized spacial score (nSPS) is 10.1. The minimum Gasteiger partial charge on any atom is -0.507 e. The third kappa shape index (κ3) is 2.42. The lowest BCUT2D eigenvalue weighted by atomic mass is 10.1. The molecule has 6 heteroatoms. The van der Waals surface area contributed by atoms with Crippen molar-refractivity contribution in [1.82, 2.24) is 0 Å². The SMILES string of the molecule is COCC(=O)c1c(O)cc(OC)c(O)c1OC. The van der Waals surface area contributed by atoms with E-state index in [9.17, 15) is 15.0 Å². The molecule has 1 rings (SSSR count). The van der Waals surface area contributed by atoms with Crippen molar-refractivity contribution in [2.45, 2.75) is 0 Å². The van der Waals surface area contributed by atoms with E-state index in [-0.39, 0.29) is 35.2 Å². The van der Waals surface area contributed by atoms with Gasteiger partial charge in [-0.1, -0.05) is 0 Å². The summed E-state index contributed by atoms with van der Waals surface area (Å²) in [6.45, 7) is -0.226. The zero-order valence-corrected chi connectivity index (χ0v) is 9.81. The van der Waals surface area contributed by atoms with Gasteiger partial charge in [-0.15, -0.1) is 0 Å². The number of Topliss-reactive ketones (excluding diaryl/α,β-unsaturated/α-hetero) is 1. The molecule has 0 aliphatic heterocycles. The van der Waals surface area contributed by atoms with Crippen LogP contribution in [0, 0.1) is 0 Å². The standard InChI is InChI=1S/C11H14O6/c1-15-5-7(13)9-6(12)4-8(16-2)10(14)11(9)17-3/h4,12,14H,5H2,1-3H3. The molecule has 1 aromatic rings. The summed E-state index contributed by atoms with van der Waals surface area (Å²) in [6.07, 6.45) is 0. The first kappa shape index (κ1) is 13.1. The molecule has 0 aliphatic carbocycles. The molecular formula is C11H14O6. The number of carbonyl (C=O) groups excluding carboxylic acids is 1. The van der Waals surface area contributed by atoms with Gasteiger partial charge in [0.25, 0.3) is 0 Å². The van der Waals surface area contributed by atoms with Crippen LogP contribution >= 0.6 is 0 Å². The lowest BCUT2D eigenvalue weighted by molar-refractivity contribution is 0.0841. The third-order valence-electron chi connectivity index (χ3n) is 2.18. The van der Waals surface area contributed by atoms with Crippen molar-refractivity contribution in [1.29, 1.82) is 0 Å². The van der Waals surface area contributed by atoms with E-state index < -0.39 is 5.78 Å². The Morgan fingerprint density at radius 1 is 1.24 bits per heavy atom. The summed E-state index contributed by atoms with van der Waals surface area (Å²) in [7, 11) is 3.95. The number of methoxy groups -OCH3 is 3. The van der Waals surface area contributed by atoms with E-state index in [0.29, 0.717) is 0 Å². The van der Waals surface area contributed by atoms with Crippen molar-refractivity contribution < 1.29 is 29.2 Å². The Hall–Kier alpha value is -1.95. The van der Waals surface area contributed by atoms with E-state index >= 15 is 0 Å². The van der Waals surface area contributed by atoms with Crippen molar-refractivity contribution in [3.05, 3.63) is 11.6 Å². The lowest BCUT2D eigenvalue weighted by Gasteiger charge is -2.13. The summed E-state index contributed by atoms with van der Waals surface area (Å²) in [5.41, 5.74) is -0.132. The Labute approximate surface area is 98.3 Å². The zero-order chi connectivity index (χ0) is 13.0. The Kier molecular flexibility index (Phi) is 4.17. The molecule has 0 heterocycles. The van der Waals surface area contributed by atoms with Gasteiger partial charge in [0.2, 0.25) is 5.75 Å². The second-order valence-electron chi connectivity index (χ2n) is 3.21. The molecule has 0 amide bonds. The van der Waals surface area contributed by atoms with Crippen LogP contribution in [-0.2, 0) is 4.74 Å². The van der Waals surface area contributed by atoms with Crippen LogP contribution in [0.1, 0.15) is 10.4 Å². The second kappa shape index (κ2) is 5.40. The number of aromatic hydroxyl groups is 2. The molecule has 0 spiro atoms. The summed E-state index contributed by atoms with van der Waals surface area (Å²) >= 11 is 0. The largest absolute Gasteiger partial charge is 0.507 e. The number of phenolic OH excluding ortho intramolecular Hbond substituents is 2. The predicted molar refractivity (Wildman–Crippen MR) is 59.1 cm³/mol. The van der Waals surface area contributed by atoms with Gasteiger partial charge in [0.15, 0.2) is 17.3 Å². The highest BCUT2D eigenvalue weighted by Gasteiger charge is 2.24. The fourth-order valence-corrected chi connectivity index (χ4v) is 1.44. The van der Waals surface area contributed by atoms with Gasteiger partial charge in [-0.25, -0.2) is 0 Å². The van der Waals surface area contributed by atoms with E-state index in [1.807, 2.05) is 0 Å². The van der Waals surface area contributed by atoms with Gasteiger partial charge < -0.3 is 24.4 Å². The molecule has 6 nitrogen and oxygen atoms in total. The molecule has 2 N–H and O–H groups in total. The molecular weight excluding hydrogens is 228 g/mol. The predicted octanol–water partition coefficient (Wildman–Crippen LogP) is 0.944. The Bertz CT molecular complexity index is 426. The molecule has 1 aromatic carbocycles. The molecule has 0 saturated heterocycles. The van der Waals surface area contributed by atoms with Gasteiger partial charge in [0.05, 0.1) is 14.2 Å². The maximum atomic E-state index is 11.7. The highest BCUT2D eigenvalue weighted by molar-refractivity contribution is 6.03. The second-order valence-corrected chi connectivity index (χ2v) is 3.21. The van der Waals surface area contributed by atoms with Crippen LogP contribution in [0.4, 0.5) is 0 Å². The molecule has 0 unspecified atom stereocenters. The van der Waals surface area contributed by atoms with Crippen molar-refractivity contribution >= 4 is 5.78 Å². The van der Waals surface area contributed by atoms with Gasteiger partial charge in [-0.3, -0.25) is 4.79 Å². The summed E-state index contributed by atoms with van der Waals surface area (Å²) in [6, 6.07) is 1.14. The van der Waals surface area contributed by atoms with E-state index in [4.69, 9.17) is 9.47 Å². The summed E-state index contributed by atoms with van der Waals surface area (Å²) in [5, 5.41) is 19.5. The number of hydrogen-bond donors (Lipinski definition) is 2. The fraction of sp³-hybridized carbons (Fsp3) is 0.364. The van der Waals surface area contributed by atoms with Crippen LogP contribution in [0.25, 0.3) is 0 Å². The van der Waals surface area contributed by atoms with Crippen molar-refractivity contribution in [3.8, 4) is 23.0 Å². The van der Waals surface area contributed by atoms with Crippen LogP contribution in [0.2, 0.25) is 0 Å². The molecule has 94 valence electrons. The first-order chi connectivity index (χ1) is 8.06. The lowest BCUT2D eigenvalue weighted by Crippen LogP contribution is -2.09. The average molecular weight is 242 g/mol. The minimum absolute atomic E-state index is 0.0216. The van der Waals surface area contributed by atoms with Crippen LogP contribution in [0.15, 0.2) is 6.07 Å². The van der Waals surface area contributed by atoms with Crippen molar-refractivity contribution in [2.75, 3.05) is 27.9 Å². The third-order valence-corrected chi connectivity index (χ3v) is 2.18. The monoisotopic (exact) mass is 242 g/mol. The quantitative estimate of drug-likeness (QED) is 0.590. The molecule has 0 bridgehead atoms. The van der Waals surface area contributed by atoms with Gasteiger partial charge in [-0.2, -0.15) is 0 Å². The number of rotatable bonds is 5. The topological polar surface area (TPSA) is 85.2 Å². The Balaban J connectivity index is 3.38. The van der Waals surface area contributed by atoms with E-state index in [0.717, 1.165) is 6.07 Å². The Morgan fingerprint density at radius 2 is 1.88 bits per heavy atom. The van der Waals surface area contributed by atoms with Crippen LogP contribution < -0.4 is 9.47 Å². The summed E-state index contributed by atoms with van der Waals surface area (Å²) in [5.74, 6) is -1.29. The number of phenols is 2.